The van der Waals surface area contributed by atoms with Gasteiger partial charge in [0.15, 0.2) is 11.6 Å². The van der Waals surface area contributed by atoms with E-state index in [1.165, 1.54) is 30.3 Å². The van der Waals surface area contributed by atoms with Crippen LogP contribution >= 0.6 is 10.8 Å². The molecule has 3 aromatic carbocycles. The van der Waals surface area contributed by atoms with Crippen LogP contribution in [0.4, 0.5) is 17.1 Å². The van der Waals surface area contributed by atoms with Crippen LogP contribution in [0.3, 0.4) is 0 Å². The zero-order chi connectivity index (χ0) is 33.2. The van der Waals surface area contributed by atoms with E-state index in [4.69, 9.17) is 0 Å². The summed E-state index contributed by atoms with van der Waals surface area (Å²) in [5.74, 6) is -0.670. The summed E-state index contributed by atoms with van der Waals surface area (Å²) < 4.78 is 55.0. The first kappa shape index (κ1) is 31.2. The number of imidazole rings is 1. The van der Waals surface area contributed by atoms with E-state index >= 15 is 0 Å². The number of aliphatic hydroxyl groups is 1. The number of Topliss-reactive ketones (excluding diaryl/α,β-unsaturated/α-hetero) is 1. The van der Waals surface area contributed by atoms with Gasteiger partial charge in [0.25, 0.3) is 15.7 Å². The van der Waals surface area contributed by atoms with E-state index in [9.17, 15) is 37.5 Å². The minimum absolute atomic E-state index is 0.0587. The van der Waals surface area contributed by atoms with Crippen LogP contribution < -0.4 is 10.0 Å². The molecule has 0 bridgehead atoms. The summed E-state index contributed by atoms with van der Waals surface area (Å²) in [5.41, 5.74) is 0.0857. The third-order valence-corrected chi connectivity index (χ3v) is 10.7. The van der Waals surface area contributed by atoms with Crippen LogP contribution in [0.2, 0.25) is 0 Å². The number of fused-ring (bicyclic) bond motifs is 3. The lowest BCUT2D eigenvalue weighted by molar-refractivity contribution is -0.384. The molecule has 6 N–H and O–H groups in total. The second-order valence-corrected chi connectivity index (χ2v) is 15.0. The van der Waals surface area contributed by atoms with Crippen molar-refractivity contribution in [1.82, 2.24) is 9.97 Å². The summed E-state index contributed by atoms with van der Waals surface area (Å²) in [6.45, 7) is 5.91. The molecular weight excluding hydrogens is 636 g/mol. The SMILES string of the molecule is CC(C)CCC1(C)C(=O)C(C2=NS(O)(O)c3cc(NS(=O)(=O)c4nc5ccc([N+](=O)[O-])cc5[nH]4)ccc3N2)=C(O)c2ccccc21. The molecule has 1 unspecified atom stereocenters. The van der Waals surface area contributed by atoms with Gasteiger partial charge in [-0.25, -0.2) is 4.98 Å². The number of rotatable bonds is 8. The van der Waals surface area contributed by atoms with Gasteiger partial charge in [-0.2, -0.15) is 8.42 Å². The number of nitro benzene ring substituents is 1. The van der Waals surface area contributed by atoms with Gasteiger partial charge in [-0.1, -0.05) is 48.9 Å². The zero-order valence-corrected chi connectivity index (χ0v) is 26.4. The molecule has 2 aliphatic rings. The van der Waals surface area contributed by atoms with E-state index in [-0.39, 0.29) is 50.2 Å². The molecule has 0 amide bonds. The third-order valence-electron chi connectivity index (χ3n) is 8.11. The van der Waals surface area contributed by atoms with Gasteiger partial charge >= 0.3 is 0 Å². The largest absolute Gasteiger partial charge is 0.506 e. The predicted octanol–water partition coefficient (Wildman–Crippen LogP) is 6.37. The molecule has 1 aromatic heterocycles. The van der Waals surface area contributed by atoms with Crippen LogP contribution in [0.25, 0.3) is 16.8 Å². The number of nitro groups is 1. The lowest BCUT2D eigenvalue weighted by Crippen LogP contribution is -2.42. The topological polar surface area (TPSA) is 220 Å². The number of non-ortho nitro benzene ring substituents is 1. The number of carbonyl (C=O) groups is 1. The number of aromatic amines is 1. The highest BCUT2D eigenvalue weighted by Crippen LogP contribution is 2.57. The maximum atomic E-state index is 14.1. The fourth-order valence-corrected chi connectivity index (χ4v) is 7.81. The predicted molar refractivity (Wildman–Crippen MR) is 175 cm³/mol. The second kappa shape index (κ2) is 10.9. The van der Waals surface area contributed by atoms with Crippen molar-refractivity contribution in [2.75, 3.05) is 10.0 Å². The number of sulfonamides is 1. The molecule has 46 heavy (non-hydrogen) atoms. The number of nitrogens with one attached hydrogen (secondary N) is 3. The third kappa shape index (κ3) is 5.28. The van der Waals surface area contributed by atoms with Crippen LogP contribution in [0.5, 0.6) is 0 Å². The highest BCUT2D eigenvalue weighted by molar-refractivity contribution is 8.23. The lowest BCUT2D eigenvalue weighted by Gasteiger charge is -2.39. The number of hydrogen-bond acceptors (Lipinski definition) is 11. The minimum atomic E-state index is -4.35. The summed E-state index contributed by atoms with van der Waals surface area (Å²) in [6, 6.07) is 14.6. The van der Waals surface area contributed by atoms with Crippen LogP contribution in [-0.4, -0.2) is 49.1 Å². The maximum Gasteiger partial charge on any atom is 0.295 e. The van der Waals surface area contributed by atoms with Crippen molar-refractivity contribution in [2.45, 2.75) is 49.1 Å². The van der Waals surface area contributed by atoms with Crippen LogP contribution in [0.1, 0.15) is 44.7 Å². The van der Waals surface area contributed by atoms with Crippen molar-refractivity contribution in [1.29, 1.82) is 0 Å². The van der Waals surface area contributed by atoms with E-state index < -0.39 is 42.1 Å². The summed E-state index contributed by atoms with van der Waals surface area (Å²) in [5, 5.41) is 24.8. The maximum absolute atomic E-state index is 14.1. The molecule has 16 heteroatoms. The van der Waals surface area contributed by atoms with Gasteiger partial charge in [0.1, 0.15) is 16.2 Å². The summed E-state index contributed by atoms with van der Waals surface area (Å²) >= 11 is 0. The van der Waals surface area contributed by atoms with Crippen molar-refractivity contribution < 1.29 is 32.3 Å². The molecular formula is C30H30N6O8S2. The Hall–Kier alpha value is -4.77. The highest BCUT2D eigenvalue weighted by Gasteiger charge is 2.46. The molecule has 240 valence electrons. The van der Waals surface area contributed by atoms with E-state index in [1.54, 1.807) is 31.2 Å². The second-order valence-electron chi connectivity index (χ2n) is 11.8. The molecule has 6 rings (SSSR count). The first-order valence-electron chi connectivity index (χ1n) is 14.2. The average Bonchev–Trinajstić information content (AvgIpc) is 3.44. The average molecular weight is 667 g/mol. The number of amidine groups is 1. The van der Waals surface area contributed by atoms with Crippen LogP contribution in [-0.2, 0) is 20.2 Å². The smallest absolute Gasteiger partial charge is 0.295 e. The molecule has 0 saturated heterocycles. The number of aromatic nitrogens is 2. The van der Waals surface area contributed by atoms with E-state index in [0.717, 1.165) is 12.5 Å². The van der Waals surface area contributed by atoms with Gasteiger partial charge in [-0.3, -0.25) is 28.7 Å². The zero-order valence-electron chi connectivity index (χ0n) is 24.8. The molecule has 0 fully saturated rings. The first-order valence-corrected chi connectivity index (χ1v) is 17.1. The van der Waals surface area contributed by atoms with Gasteiger partial charge in [0.2, 0.25) is 5.16 Å². The summed E-state index contributed by atoms with van der Waals surface area (Å²) in [6.07, 6.45) is 1.22. The van der Waals surface area contributed by atoms with E-state index in [2.05, 4.69) is 38.3 Å². The molecule has 2 heterocycles. The number of carbonyl (C=O) groups excluding carboxylic acids is 1. The van der Waals surface area contributed by atoms with Crippen molar-refractivity contribution in [3.8, 4) is 0 Å². The fourth-order valence-electron chi connectivity index (χ4n) is 5.63. The Morgan fingerprint density at radius 2 is 1.85 bits per heavy atom. The van der Waals surface area contributed by atoms with Crippen molar-refractivity contribution in [3.63, 3.8) is 0 Å². The molecule has 4 aromatic rings. The van der Waals surface area contributed by atoms with Crippen LogP contribution in [0.15, 0.2) is 80.7 Å². The molecule has 14 nitrogen and oxygen atoms in total. The van der Waals surface area contributed by atoms with Gasteiger partial charge < -0.3 is 15.4 Å². The number of hydrogen-bond donors (Lipinski definition) is 6. The van der Waals surface area contributed by atoms with Gasteiger partial charge in [0, 0.05) is 17.7 Å². The fraction of sp³-hybridized carbons (Fsp3) is 0.233. The van der Waals surface area contributed by atoms with E-state index in [0.29, 0.717) is 23.5 Å². The lowest BCUT2D eigenvalue weighted by atomic mass is 9.66. The Kier molecular flexibility index (Phi) is 7.43. The van der Waals surface area contributed by atoms with E-state index in [1.807, 2.05) is 0 Å². The Labute approximate surface area is 265 Å². The number of ketones is 1. The number of anilines is 2. The van der Waals surface area contributed by atoms with Crippen LogP contribution in [0, 0.1) is 16.0 Å². The Balaban J connectivity index is 1.33. The molecule has 1 atom stereocenters. The summed E-state index contributed by atoms with van der Waals surface area (Å²) in [4.78, 5) is 31.0. The van der Waals surface area contributed by atoms with Gasteiger partial charge in [-0.05, 0) is 55.5 Å². The van der Waals surface area contributed by atoms with Gasteiger partial charge in [-0.15, -0.1) is 4.40 Å². The number of nitrogens with zero attached hydrogens (tertiary/aromatic N) is 3. The quantitative estimate of drug-likeness (QED) is 0.0901. The monoisotopic (exact) mass is 666 g/mol. The molecule has 1 aliphatic carbocycles. The molecule has 0 spiro atoms. The Morgan fingerprint density at radius 3 is 2.57 bits per heavy atom. The highest BCUT2D eigenvalue weighted by atomic mass is 32.3. The molecule has 1 aliphatic heterocycles. The number of H-pyrrole nitrogens is 1. The molecule has 0 saturated carbocycles. The van der Waals surface area contributed by atoms with Gasteiger partial charge in [0.05, 0.1) is 32.7 Å². The van der Waals surface area contributed by atoms with Crippen molar-refractivity contribution >= 4 is 66.3 Å². The minimum Gasteiger partial charge on any atom is -0.506 e. The molecule has 0 radical (unpaired) electrons. The first-order chi connectivity index (χ1) is 21.6. The number of aliphatic hydroxyl groups excluding tert-OH is 1. The van der Waals surface area contributed by atoms with Crippen molar-refractivity contribution in [2.24, 2.45) is 10.3 Å². The van der Waals surface area contributed by atoms with Crippen molar-refractivity contribution in [3.05, 3.63) is 87.5 Å². The number of benzene rings is 3. The Morgan fingerprint density at radius 1 is 1.11 bits per heavy atom. The summed E-state index contributed by atoms with van der Waals surface area (Å²) in [7, 11) is -8.35. The standard InChI is InChI=1S/C30H30N6O8S2/c1-16(2)12-13-30(3)20-7-5-4-6-19(20)26(37)25(27(30)38)28-31-22-10-8-17(14-24(22)45(41,42)35-28)34-46(43,44)29-32-21-11-9-18(36(39)40)15-23(21)33-29/h4-11,14-16,34,37,41-42H,12-13H2,1-3H3,(H,31,35)(H,32,33). The normalized spacial score (nSPS) is 19.7. The Bertz CT molecular complexity index is 2120.